The molecule has 1 fully saturated rings. The van der Waals surface area contributed by atoms with E-state index in [0.717, 1.165) is 10.4 Å². The van der Waals surface area contributed by atoms with E-state index >= 15 is 0 Å². The van der Waals surface area contributed by atoms with E-state index in [-0.39, 0.29) is 11.8 Å². The summed E-state index contributed by atoms with van der Waals surface area (Å²) in [5, 5.41) is 10.8. The molecule has 10 heteroatoms. The minimum atomic E-state index is -0.730. The largest absolute Gasteiger partial charge is 0.338 e. The third-order valence-corrected chi connectivity index (χ3v) is 7.39. The van der Waals surface area contributed by atoms with E-state index in [1.54, 1.807) is 17.4 Å². The highest BCUT2D eigenvalue weighted by Crippen LogP contribution is 2.22. The topological polar surface area (TPSA) is 91.6 Å². The lowest BCUT2D eigenvalue weighted by Gasteiger charge is -2.36. The average Bonchev–Trinajstić information content (AvgIpc) is 3.66. The highest BCUT2D eigenvalue weighted by atomic mass is 32.1. The number of benzene rings is 1. The van der Waals surface area contributed by atoms with Crippen molar-refractivity contribution in [1.82, 2.24) is 25.3 Å². The highest BCUT2D eigenvalue weighted by Gasteiger charge is 2.30. The zero-order chi connectivity index (χ0) is 23.3. The van der Waals surface area contributed by atoms with Crippen LogP contribution in [0.15, 0.2) is 69.9 Å². The normalized spacial score (nSPS) is 15.2. The van der Waals surface area contributed by atoms with Gasteiger partial charge in [-0.3, -0.25) is 14.5 Å². The molecule has 0 spiro atoms. The minimum absolute atomic E-state index is 0.103. The zero-order valence-electron chi connectivity index (χ0n) is 18.3. The van der Waals surface area contributed by atoms with E-state index in [1.807, 2.05) is 64.2 Å². The van der Waals surface area contributed by atoms with Crippen LogP contribution in [-0.2, 0) is 11.3 Å². The fraction of sp³-hybridized carbons (Fsp3) is 0.250. The number of hydrogen-bond donors (Lipinski definition) is 1. The molecule has 0 bridgehead atoms. The lowest BCUT2D eigenvalue weighted by molar-refractivity contribution is -0.135. The summed E-state index contributed by atoms with van der Waals surface area (Å²) in [5.41, 5.74) is 0.770. The molecule has 1 aliphatic rings. The molecular formula is C24H23N5O3S2. The van der Waals surface area contributed by atoms with E-state index in [9.17, 15) is 9.59 Å². The van der Waals surface area contributed by atoms with Gasteiger partial charge in [0.25, 0.3) is 5.91 Å². The Morgan fingerprint density at radius 2 is 1.74 bits per heavy atom. The molecule has 1 aliphatic heterocycles. The van der Waals surface area contributed by atoms with E-state index in [1.165, 1.54) is 11.3 Å². The first-order valence-corrected chi connectivity index (χ1v) is 12.7. The van der Waals surface area contributed by atoms with E-state index in [2.05, 4.69) is 20.4 Å². The third kappa shape index (κ3) is 5.09. The quantitative estimate of drug-likeness (QED) is 0.422. The van der Waals surface area contributed by atoms with Crippen molar-refractivity contribution >= 4 is 34.5 Å². The smallest absolute Gasteiger partial charge is 0.262 e. The summed E-state index contributed by atoms with van der Waals surface area (Å²) in [6.45, 7) is 3.02. The van der Waals surface area contributed by atoms with Crippen LogP contribution in [0.3, 0.4) is 0 Å². The second kappa shape index (κ2) is 10.3. The van der Waals surface area contributed by atoms with Crippen LogP contribution >= 0.6 is 22.7 Å². The second-order valence-corrected chi connectivity index (χ2v) is 9.78. The maximum atomic E-state index is 13.5. The molecule has 174 valence electrons. The number of carbonyl (C=O) groups excluding carboxylic acids is 2. The summed E-state index contributed by atoms with van der Waals surface area (Å²) in [7, 11) is 0. The lowest BCUT2D eigenvalue weighted by Crippen LogP contribution is -2.51. The molecule has 4 aromatic rings. The van der Waals surface area contributed by atoms with Crippen molar-refractivity contribution in [3.8, 4) is 10.7 Å². The molecular weight excluding hydrogens is 470 g/mol. The molecule has 0 aliphatic carbocycles. The van der Waals surface area contributed by atoms with Crippen molar-refractivity contribution < 1.29 is 14.1 Å². The fourth-order valence-electron chi connectivity index (χ4n) is 3.87. The van der Waals surface area contributed by atoms with Gasteiger partial charge in [0, 0.05) is 26.2 Å². The van der Waals surface area contributed by atoms with Gasteiger partial charge >= 0.3 is 0 Å². The van der Waals surface area contributed by atoms with Crippen LogP contribution in [0.25, 0.3) is 10.7 Å². The number of thiophene rings is 2. The summed E-state index contributed by atoms with van der Waals surface area (Å²) in [5.74, 6) is 0.821. The van der Waals surface area contributed by atoms with Gasteiger partial charge in [-0.05, 0) is 28.5 Å². The van der Waals surface area contributed by atoms with Crippen LogP contribution in [0.1, 0.15) is 27.2 Å². The van der Waals surface area contributed by atoms with Gasteiger partial charge in [-0.2, -0.15) is 4.98 Å². The van der Waals surface area contributed by atoms with Crippen LogP contribution in [0, 0.1) is 0 Å². The summed E-state index contributed by atoms with van der Waals surface area (Å²) < 4.78 is 5.42. The molecule has 0 radical (unpaired) electrons. The molecule has 1 saturated heterocycles. The number of aromatic nitrogens is 2. The Kier molecular flexibility index (Phi) is 6.79. The first-order chi connectivity index (χ1) is 16.7. The minimum Gasteiger partial charge on any atom is -0.338 e. The summed E-state index contributed by atoms with van der Waals surface area (Å²) in [4.78, 5) is 36.2. The lowest BCUT2D eigenvalue weighted by atomic mass is 10.0. The van der Waals surface area contributed by atoms with Gasteiger partial charge in [-0.15, -0.1) is 22.7 Å². The Morgan fingerprint density at radius 1 is 0.971 bits per heavy atom. The Hall–Kier alpha value is -3.34. The molecule has 3 aromatic heterocycles. The molecule has 34 heavy (non-hydrogen) atoms. The molecule has 0 saturated carbocycles. The highest BCUT2D eigenvalue weighted by molar-refractivity contribution is 7.13. The number of nitrogens with one attached hydrogen (secondary N) is 1. The van der Waals surface area contributed by atoms with Crippen molar-refractivity contribution in [2.24, 2.45) is 0 Å². The van der Waals surface area contributed by atoms with E-state index < -0.39 is 6.04 Å². The van der Waals surface area contributed by atoms with E-state index in [4.69, 9.17) is 4.52 Å². The van der Waals surface area contributed by atoms with Gasteiger partial charge in [-0.1, -0.05) is 47.6 Å². The van der Waals surface area contributed by atoms with Crippen LogP contribution in [-0.4, -0.2) is 57.9 Å². The maximum absolute atomic E-state index is 13.5. The van der Waals surface area contributed by atoms with Gasteiger partial charge in [0.1, 0.15) is 6.04 Å². The molecule has 2 amide bonds. The maximum Gasteiger partial charge on any atom is 0.262 e. The van der Waals surface area contributed by atoms with Gasteiger partial charge in [0.05, 0.1) is 16.3 Å². The summed E-state index contributed by atoms with van der Waals surface area (Å²) >= 11 is 2.93. The number of amides is 2. The van der Waals surface area contributed by atoms with Gasteiger partial charge in [0.2, 0.25) is 17.6 Å². The average molecular weight is 494 g/mol. The van der Waals surface area contributed by atoms with Crippen molar-refractivity contribution in [1.29, 1.82) is 0 Å². The Balaban J connectivity index is 1.22. The number of piperazine rings is 1. The van der Waals surface area contributed by atoms with Crippen LogP contribution in [0.5, 0.6) is 0 Å². The number of nitrogens with zero attached hydrogens (tertiary/aromatic N) is 4. The SMILES string of the molecule is O=C(NC(C(=O)N1CCN(Cc2nc(-c3cccs3)no2)CC1)c1ccccc1)c1cccs1. The number of rotatable bonds is 7. The third-order valence-electron chi connectivity index (χ3n) is 5.65. The monoisotopic (exact) mass is 493 g/mol. The molecule has 1 aromatic carbocycles. The zero-order valence-corrected chi connectivity index (χ0v) is 19.9. The first kappa shape index (κ1) is 22.5. The molecule has 4 heterocycles. The van der Waals surface area contributed by atoms with Gasteiger partial charge in [-0.25, -0.2) is 0 Å². The Labute approximate surface area is 204 Å². The predicted molar refractivity (Wildman–Crippen MR) is 130 cm³/mol. The van der Waals surface area contributed by atoms with Gasteiger partial charge in [0.15, 0.2) is 0 Å². The van der Waals surface area contributed by atoms with Crippen molar-refractivity contribution in [2.45, 2.75) is 12.6 Å². The Morgan fingerprint density at radius 3 is 2.44 bits per heavy atom. The fourth-order valence-corrected chi connectivity index (χ4v) is 5.14. The van der Waals surface area contributed by atoms with E-state index in [0.29, 0.717) is 49.3 Å². The molecule has 1 N–H and O–H groups in total. The number of hydrogen-bond acceptors (Lipinski definition) is 8. The predicted octanol–water partition coefficient (Wildman–Crippen LogP) is 3.68. The molecule has 1 unspecified atom stereocenters. The Bertz CT molecular complexity index is 1220. The molecule has 5 rings (SSSR count). The standard InChI is InChI=1S/C24H23N5O3S2/c30-23(19-9-5-15-34-19)26-21(17-6-2-1-3-7-17)24(31)29-12-10-28(11-13-29)16-20-25-22(27-32-20)18-8-4-14-33-18/h1-9,14-15,21H,10-13,16H2,(H,26,30). The van der Waals surface area contributed by atoms with Crippen molar-refractivity contribution in [2.75, 3.05) is 26.2 Å². The molecule has 1 atom stereocenters. The summed E-state index contributed by atoms with van der Waals surface area (Å²) in [6, 6.07) is 16.2. The van der Waals surface area contributed by atoms with Crippen molar-refractivity contribution in [3.63, 3.8) is 0 Å². The van der Waals surface area contributed by atoms with Crippen molar-refractivity contribution in [3.05, 3.63) is 81.7 Å². The molecule has 8 nitrogen and oxygen atoms in total. The van der Waals surface area contributed by atoms with Crippen LogP contribution < -0.4 is 5.32 Å². The van der Waals surface area contributed by atoms with Crippen LogP contribution in [0.4, 0.5) is 0 Å². The second-order valence-electron chi connectivity index (χ2n) is 7.88. The first-order valence-electron chi connectivity index (χ1n) is 10.9. The number of carbonyl (C=O) groups is 2. The van der Waals surface area contributed by atoms with Crippen LogP contribution in [0.2, 0.25) is 0 Å². The van der Waals surface area contributed by atoms with Gasteiger partial charge < -0.3 is 14.7 Å². The summed E-state index contributed by atoms with van der Waals surface area (Å²) in [6.07, 6.45) is 0.